The highest BCUT2D eigenvalue weighted by Crippen LogP contribution is 2.67. The van der Waals surface area contributed by atoms with Crippen LogP contribution >= 0.6 is 0 Å². The Balaban J connectivity index is 1.47. The lowest BCUT2D eigenvalue weighted by molar-refractivity contribution is -0.0575. The van der Waals surface area contributed by atoms with Crippen molar-refractivity contribution >= 4 is 0 Å². The molecule has 4 rings (SSSR count). The van der Waals surface area contributed by atoms with Crippen LogP contribution in [-0.2, 0) is 0 Å². The molecular weight excluding hydrogens is 356 g/mol. The Labute approximate surface area is 179 Å². The molecule has 4 aliphatic carbocycles. The lowest BCUT2D eigenvalue weighted by Gasteiger charge is -2.58. The molecule has 3 fully saturated rings. The summed E-state index contributed by atoms with van der Waals surface area (Å²) in [6, 6.07) is 0. The van der Waals surface area contributed by atoms with Crippen LogP contribution in [0.15, 0.2) is 11.6 Å². The second-order valence-corrected chi connectivity index (χ2v) is 12.6. The predicted molar refractivity (Wildman–Crippen MR) is 121 cm³/mol. The van der Waals surface area contributed by atoms with Crippen molar-refractivity contribution in [1.82, 2.24) is 0 Å². The fourth-order valence-corrected chi connectivity index (χ4v) is 8.67. The van der Waals surface area contributed by atoms with Crippen LogP contribution in [-0.4, -0.2) is 21.9 Å². The van der Waals surface area contributed by atoms with Gasteiger partial charge >= 0.3 is 0 Å². The molecule has 8 atom stereocenters. The Morgan fingerprint density at radius 1 is 1.10 bits per heavy atom. The van der Waals surface area contributed by atoms with E-state index in [-0.39, 0.29) is 6.10 Å². The zero-order chi connectivity index (χ0) is 21.0. The lowest BCUT2D eigenvalue weighted by atomic mass is 9.47. The van der Waals surface area contributed by atoms with Gasteiger partial charge in [0, 0.05) is 0 Å². The van der Waals surface area contributed by atoms with Crippen LogP contribution in [0.25, 0.3) is 0 Å². The van der Waals surface area contributed by atoms with E-state index in [2.05, 4.69) is 26.8 Å². The summed E-state index contributed by atoms with van der Waals surface area (Å²) in [4.78, 5) is 0. The predicted octanol–water partition coefficient (Wildman–Crippen LogP) is 6.50. The molecule has 3 saturated carbocycles. The van der Waals surface area contributed by atoms with E-state index in [9.17, 15) is 10.2 Å². The second kappa shape index (κ2) is 7.66. The minimum atomic E-state index is -0.519. The molecule has 0 saturated heterocycles. The molecular formula is C27H46O2. The Kier molecular flexibility index (Phi) is 5.78. The van der Waals surface area contributed by atoms with Crippen molar-refractivity contribution in [3.63, 3.8) is 0 Å². The average Bonchev–Trinajstić information content (AvgIpc) is 2.98. The highest BCUT2D eigenvalue weighted by Gasteiger charge is 2.59. The zero-order valence-electron chi connectivity index (χ0n) is 19.7. The monoisotopic (exact) mass is 402 g/mol. The second-order valence-electron chi connectivity index (χ2n) is 12.6. The van der Waals surface area contributed by atoms with E-state index in [4.69, 9.17) is 0 Å². The lowest BCUT2D eigenvalue weighted by Crippen LogP contribution is -2.50. The summed E-state index contributed by atoms with van der Waals surface area (Å²) in [6.45, 7) is 11.6. The molecule has 0 aromatic rings. The van der Waals surface area contributed by atoms with Gasteiger partial charge in [-0.3, -0.25) is 0 Å². The van der Waals surface area contributed by atoms with Gasteiger partial charge in [-0.15, -0.1) is 0 Å². The molecule has 0 aromatic heterocycles. The van der Waals surface area contributed by atoms with Crippen LogP contribution in [0, 0.1) is 40.4 Å². The molecule has 29 heavy (non-hydrogen) atoms. The SMILES string of the molecule is C[C@H](CCCC(C)(C)O)[C@H]1CCC2[C@H]3CC=C4C[C@@H](O)CC[C@]4(C)[C@@H]3CC[C@@]21C. The number of rotatable bonds is 5. The summed E-state index contributed by atoms with van der Waals surface area (Å²) < 4.78 is 0. The standard InChI is InChI=1S/C27H46O2/c1-18(7-6-14-25(2,3)29)22-10-11-23-21-9-8-19-17-20(28)12-15-26(19,4)24(21)13-16-27(22,23)5/h8,18,20-24,28-29H,6-7,9-17H2,1-5H3/t18-,20+,21-,22-,23?,24-,26+,27-/m1/s1. The molecule has 0 amide bonds. The number of hydrogen-bond acceptors (Lipinski definition) is 2. The quantitative estimate of drug-likeness (QED) is 0.515. The van der Waals surface area contributed by atoms with Crippen molar-refractivity contribution < 1.29 is 10.2 Å². The van der Waals surface area contributed by atoms with E-state index in [0.29, 0.717) is 10.8 Å². The summed E-state index contributed by atoms with van der Waals surface area (Å²) in [7, 11) is 0. The van der Waals surface area contributed by atoms with Gasteiger partial charge in [-0.2, -0.15) is 0 Å². The van der Waals surface area contributed by atoms with E-state index < -0.39 is 5.60 Å². The van der Waals surface area contributed by atoms with Gasteiger partial charge in [0.2, 0.25) is 0 Å². The van der Waals surface area contributed by atoms with E-state index in [1.165, 1.54) is 44.9 Å². The van der Waals surface area contributed by atoms with Crippen LogP contribution in [0.2, 0.25) is 0 Å². The molecule has 166 valence electrons. The summed E-state index contributed by atoms with van der Waals surface area (Å²) in [6.07, 6.45) is 15.9. The van der Waals surface area contributed by atoms with Gasteiger partial charge in [-0.25, -0.2) is 0 Å². The number of fused-ring (bicyclic) bond motifs is 5. The molecule has 0 heterocycles. The first-order valence-corrected chi connectivity index (χ1v) is 12.6. The molecule has 0 radical (unpaired) electrons. The van der Waals surface area contributed by atoms with Gasteiger partial charge in [0.1, 0.15) is 0 Å². The average molecular weight is 403 g/mol. The fraction of sp³-hybridized carbons (Fsp3) is 0.926. The maximum absolute atomic E-state index is 10.2. The van der Waals surface area contributed by atoms with E-state index in [1.807, 2.05) is 13.8 Å². The van der Waals surface area contributed by atoms with Crippen LogP contribution in [0.4, 0.5) is 0 Å². The highest BCUT2D eigenvalue weighted by molar-refractivity contribution is 5.25. The molecule has 0 bridgehead atoms. The summed E-state index contributed by atoms with van der Waals surface area (Å²) in [5, 5.41) is 20.3. The Bertz CT molecular complexity index is 631. The minimum absolute atomic E-state index is 0.0969. The third-order valence-corrected chi connectivity index (χ3v) is 10.3. The maximum atomic E-state index is 10.2. The van der Waals surface area contributed by atoms with Gasteiger partial charge < -0.3 is 10.2 Å². The summed E-state index contributed by atoms with van der Waals surface area (Å²) in [5.41, 5.74) is 1.95. The van der Waals surface area contributed by atoms with E-state index >= 15 is 0 Å². The molecule has 0 spiro atoms. The van der Waals surface area contributed by atoms with Crippen molar-refractivity contribution in [2.75, 3.05) is 0 Å². The maximum Gasteiger partial charge on any atom is 0.0591 e. The molecule has 4 aliphatic rings. The summed E-state index contributed by atoms with van der Waals surface area (Å²) >= 11 is 0. The molecule has 2 N–H and O–H groups in total. The van der Waals surface area contributed by atoms with Crippen molar-refractivity contribution in [3.8, 4) is 0 Å². The third kappa shape index (κ3) is 3.86. The number of aliphatic hydroxyl groups excluding tert-OH is 1. The largest absolute Gasteiger partial charge is 0.393 e. The number of hydrogen-bond donors (Lipinski definition) is 2. The first-order chi connectivity index (χ1) is 13.5. The molecule has 0 aromatic carbocycles. The first kappa shape index (κ1) is 21.9. The summed E-state index contributed by atoms with van der Waals surface area (Å²) in [5.74, 6) is 4.24. The van der Waals surface area contributed by atoms with Crippen molar-refractivity contribution in [2.24, 2.45) is 40.4 Å². The smallest absolute Gasteiger partial charge is 0.0591 e. The topological polar surface area (TPSA) is 40.5 Å². The van der Waals surface area contributed by atoms with Crippen molar-refractivity contribution in [2.45, 2.75) is 117 Å². The van der Waals surface area contributed by atoms with Crippen LogP contribution in [0.1, 0.15) is 105 Å². The van der Waals surface area contributed by atoms with Crippen LogP contribution in [0.5, 0.6) is 0 Å². The number of allylic oxidation sites excluding steroid dienone is 1. The Hall–Kier alpha value is -0.340. The first-order valence-electron chi connectivity index (χ1n) is 12.6. The Morgan fingerprint density at radius 3 is 2.59 bits per heavy atom. The zero-order valence-corrected chi connectivity index (χ0v) is 19.7. The Morgan fingerprint density at radius 2 is 1.86 bits per heavy atom. The molecule has 0 aliphatic heterocycles. The number of aliphatic hydroxyl groups is 2. The normalized spacial score (nSPS) is 45.8. The van der Waals surface area contributed by atoms with E-state index in [1.54, 1.807) is 5.57 Å². The van der Waals surface area contributed by atoms with Gasteiger partial charge in [0.05, 0.1) is 11.7 Å². The molecule has 1 unspecified atom stereocenters. The molecule has 2 heteroatoms. The van der Waals surface area contributed by atoms with Crippen molar-refractivity contribution in [1.29, 1.82) is 0 Å². The fourth-order valence-electron chi connectivity index (χ4n) is 8.67. The van der Waals surface area contributed by atoms with E-state index in [0.717, 1.165) is 55.3 Å². The van der Waals surface area contributed by atoms with Crippen molar-refractivity contribution in [3.05, 3.63) is 11.6 Å². The minimum Gasteiger partial charge on any atom is -0.393 e. The van der Waals surface area contributed by atoms with Crippen LogP contribution in [0.3, 0.4) is 0 Å². The van der Waals surface area contributed by atoms with Gasteiger partial charge in [-0.1, -0.05) is 45.3 Å². The third-order valence-electron chi connectivity index (χ3n) is 10.3. The molecule has 2 nitrogen and oxygen atoms in total. The highest BCUT2D eigenvalue weighted by atomic mass is 16.3. The van der Waals surface area contributed by atoms with Gasteiger partial charge in [0.15, 0.2) is 0 Å². The van der Waals surface area contributed by atoms with Gasteiger partial charge in [0.25, 0.3) is 0 Å². The van der Waals surface area contributed by atoms with Gasteiger partial charge in [-0.05, 0) is 112 Å². The van der Waals surface area contributed by atoms with Crippen LogP contribution < -0.4 is 0 Å².